The quantitative estimate of drug-likeness (QED) is 0.772. The fourth-order valence-corrected chi connectivity index (χ4v) is 2.15. The molecule has 1 fully saturated rings. The summed E-state index contributed by atoms with van der Waals surface area (Å²) in [4.78, 5) is 18.1. The molecule has 0 radical (unpaired) electrons. The van der Waals surface area contributed by atoms with Crippen LogP contribution in [0.2, 0.25) is 0 Å². The zero-order valence-electron chi connectivity index (χ0n) is 12.5. The average Bonchev–Trinajstić information content (AvgIpc) is 2.46. The summed E-state index contributed by atoms with van der Waals surface area (Å²) in [6.07, 6.45) is 1.37. The summed E-state index contributed by atoms with van der Waals surface area (Å²) in [5, 5.41) is 0. The summed E-state index contributed by atoms with van der Waals surface area (Å²) < 4.78 is 10.1. The van der Waals surface area contributed by atoms with Crippen LogP contribution in [0.4, 0.5) is 5.82 Å². The van der Waals surface area contributed by atoms with E-state index in [1.54, 1.807) is 0 Å². The number of carbonyl (C=O) groups is 1. The molecular formula is C15H22N2O3. The van der Waals surface area contributed by atoms with E-state index >= 15 is 0 Å². The lowest BCUT2D eigenvalue weighted by Crippen LogP contribution is -2.46. The summed E-state index contributed by atoms with van der Waals surface area (Å²) in [5.74, 6) is 0.538. The van der Waals surface area contributed by atoms with E-state index in [0.717, 1.165) is 12.4 Å². The number of ether oxygens (including phenoxy) is 2. The number of esters is 1. The molecular weight excluding hydrogens is 256 g/mol. The Morgan fingerprint density at radius 2 is 2.20 bits per heavy atom. The van der Waals surface area contributed by atoms with Crippen LogP contribution in [-0.4, -0.2) is 43.9 Å². The second-order valence-corrected chi connectivity index (χ2v) is 5.98. The Bertz CT molecular complexity index is 465. The van der Waals surface area contributed by atoms with Crippen molar-refractivity contribution in [2.75, 3.05) is 31.7 Å². The van der Waals surface area contributed by atoms with Gasteiger partial charge in [-0.3, -0.25) is 0 Å². The van der Waals surface area contributed by atoms with Crippen LogP contribution in [0.1, 0.15) is 26.3 Å². The first kappa shape index (κ1) is 14.8. The maximum Gasteiger partial charge on any atom is 0.336 e. The van der Waals surface area contributed by atoms with Crippen molar-refractivity contribution >= 4 is 11.8 Å². The Balaban J connectivity index is 2.09. The van der Waals surface area contributed by atoms with Gasteiger partial charge in [-0.2, -0.15) is 0 Å². The highest BCUT2D eigenvalue weighted by Gasteiger charge is 2.28. The first-order chi connectivity index (χ1) is 9.41. The zero-order valence-corrected chi connectivity index (χ0v) is 12.5. The van der Waals surface area contributed by atoms with Crippen molar-refractivity contribution in [1.29, 1.82) is 0 Å². The van der Waals surface area contributed by atoms with Crippen molar-refractivity contribution in [3.63, 3.8) is 0 Å². The van der Waals surface area contributed by atoms with Crippen LogP contribution >= 0.6 is 0 Å². The third-order valence-corrected chi connectivity index (χ3v) is 3.47. The van der Waals surface area contributed by atoms with E-state index in [-0.39, 0.29) is 11.4 Å². The van der Waals surface area contributed by atoms with Crippen LogP contribution in [0.5, 0.6) is 0 Å². The molecule has 1 saturated heterocycles. The highest BCUT2D eigenvalue weighted by Crippen LogP contribution is 2.23. The highest BCUT2D eigenvalue weighted by atomic mass is 16.6. The van der Waals surface area contributed by atoms with E-state index in [1.807, 2.05) is 12.3 Å². The van der Waals surface area contributed by atoms with Gasteiger partial charge in [-0.15, -0.1) is 0 Å². The summed E-state index contributed by atoms with van der Waals surface area (Å²) in [7, 11) is 1.38. The van der Waals surface area contributed by atoms with Gasteiger partial charge >= 0.3 is 5.97 Å². The molecule has 0 saturated carbocycles. The Morgan fingerprint density at radius 1 is 1.45 bits per heavy atom. The van der Waals surface area contributed by atoms with Gasteiger partial charge in [-0.1, -0.05) is 26.8 Å². The number of carbonyl (C=O) groups excluding carboxylic acids is 1. The van der Waals surface area contributed by atoms with Gasteiger partial charge in [-0.05, 0) is 17.0 Å². The van der Waals surface area contributed by atoms with Crippen molar-refractivity contribution < 1.29 is 14.3 Å². The van der Waals surface area contributed by atoms with Gasteiger partial charge < -0.3 is 14.4 Å². The van der Waals surface area contributed by atoms with Gasteiger partial charge in [0.15, 0.2) is 6.10 Å². The number of nitrogens with zero attached hydrogens (tertiary/aromatic N) is 2. The predicted octanol–water partition coefficient (Wildman–Crippen LogP) is 1.76. The molecule has 20 heavy (non-hydrogen) atoms. The van der Waals surface area contributed by atoms with Crippen LogP contribution in [0.3, 0.4) is 0 Å². The van der Waals surface area contributed by atoms with Gasteiger partial charge in [0.2, 0.25) is 0 Å². The molecule has 110 valence electrons. The number of morpholine rings is 1. The molecule has 1 aromatic rings. The van der Waals surface area contributed by atoms with E-state index in [4.69, 9.17) is 9.47 Å². The van der Waals surface area contributed by atoms with Crippen molar-refractivity contribution in [2.24, 2.45) is 0 Å². The van der Waals surface area contributed by atoms with Crippen LogP contribution < -0.4 is 4.90 Å². The summed E-state index contributed by atoms with van der Waals surface area (Å²) in [6.45, 7) is 8.19. The molecule has 1 unspecified atom stereocenters. The van der Waals surface area contributed by atoms with Crippen LogP contribution in [0, 0.1) is 0 Å². The molecule has 1 aliphatic rings. The standard InChI is InChI=1S/C15H22N2O3/c1-15(2,3)11-5-6-13(16-9-11)17-7-8-20-12(10-17)14(18)19-4/h5-6,9,12H,7-8,10H2,1-4H3. The molecule has 0 N–H and O–H groups in total. The van der Waals surface area contributed by atoms with Gasteiger partial charge in [0, 0.05) is 12.7 Å². The average molecular weight is 278 g/mol. The highest BCUT2D eigenvalue weighted by molar-refractivity contribution is 5.75. The zero-order chi connectivity index (χ0) is 14.8. The first-order valence-electron chi connectivity index (χ1n) is 6.83. The number of pyridine rings is 1. The number of hydrogen-bond donors (Lipinski definition) is 0. The third kappa shape index (κ3) is 3.28. The minimum atomic E-state index is -0.530. The molecule has 5 heteroatoms. The van der Waals surface area contributed by atoms with Crippen LogP contribution in [0.25, 0.3) is 0 Å². The SMILES string of the molecule is COC(=O)C1CN(c2ccc(C(C)(C)C)cn2)CCO1. The Hall–Kier alpha value is -1.62. The molecule has 0 aliphatic carbocycles. The Labute approximate surface area is 119 Å². The largest absolute Gasteiger partial charge is 0.467 e. The maximum absolute atomic E-state index is 11.5. The van der Waals surface area contributed by atoms with Crippen molar-refractivity contribution in [3.05, 3.63) is 23.9 Å². The minimum Gasteiger partial charge on any atom is -0.467 e. The topological polar surface area (TPSA) is 51.7 Å². The lowest BCUT2D eigenvalue weighted by molar-refractivity contribution is -0.154. The molecule has 0 amide bonds. The van der Waals surface area contributed by atoms with Crippen LogP contribution in [-0.2, 0) is 19.7 Å². The van der Waals surface area contributed by atoms with Gasteiger partial charge in [0.05, 0.1) is 20.3 Å². The molecule has 1 aromatic heterocycles. The fraction of sp³-hybridized carbons (Fsp3) is 0.600. The first-order valence-corrected chi connectivity index (χ1v) is 6.83. The number of aromatic nitrogens is 1. The minimum absolute atomic E-state index is 0.0884. The van der Waals surface area contributed by atoms with Crippen molar-refractivity contribution in [3.8, 4) is 0 Å². The summed E-state index contributed by atoms with van der Waals surface area (Å²) in [5.41, 5.74) is 1.28. The Morgan fingerprint density at radius 3 is 2.75 bits per heavy atom. The fourth-order valence-electron chi connectivity index (χ4n) is 2.15. The molecule has 0 bridgehead atoms. The molecule has 1 atom stereocenters. The number of methoxy groups -OCH3 is 1. The van der Waals surface area contributed by atoms with E-state index in [1.165, 1.54) is 12.7 Å². The van der Waals surface area contributed by atoms with E-state index in [2.05, 4.69) is 36.7 Å². The number of hydrogen-bond acceptors (Lipinski definition) is 5. The van der Waals surface area contributed by atoms with E-state index in [9.17, 15) is 4.79 Å². The molecule has 2 rings (SSSR count). The number of rotatable bonds is 2. The molecule has 5 nitrogen and oxygen atoms in total. The van der Waals surface area contributed by atoms with E-state index in [0.29, 0.717) is 13.2 Å². The molecule has 1 aliphatic heterocycles. The predicted molar refractivity (Wildman–Crippen MR) is 76.9 cm³/mol. The van der Waals surface area contributed by atoms with E-state index < -0.39 is 6.10 Å². The van der Waals surface area contributed by atoms with Gasteiger partial charge in [0.1, 0.15) is 5.82 Å². The summed E-state index contributed by atoms with van der Waals surface area (Å²) in [6, 6.07) is 4.09. The third-order valence-electron chi connectivity index (χ3n) is 3.47. The molecule has 0 aromatic carbocycles. The van der Waals surface area contributed by atoms with Gasteiger partial charge in [-0.25, -0.2) is 9.78 Å². The second-order valence-electron chi connectivity index (χ2n) is 5.98. The smallest absolute Gasteiger partial charge is 0.336 e. The van der Waals surface area contributed by atoms with Crippen LogP contribution in [0.15, 0.2) is 18.3 Å². The summed E-state index contributed by atoms with van der Waals surface area (Å²) >= 11 is 0. The Kier molecular flexibility index (Phi) is 4.28. The monoisotopic (exact) mass is 278 g/mol. The second kappa shape index (κ2) is 5.79. The molecule has 0 spiro atoms. The normalized spacial score (nSPS) is 19.8. The lowest BCUT2D eigenvalue weighted by atomic mass is 9.88. The van der Waals surface area contributed by atoms with Crippen molar-refractivity contribution in [2.45, 2.75) is 32.3 Å². The van der Waals surface area contributed by atoms with Gasteiger partial charge in [0.25, 0.3) is 0 Å². The lowest BCUT2D eigenvalue weighted by Gasteiger charge is -2.32. The van der Waals surface area contributed by atoms with Crippen molar-refractivity contribution in [1.82, 2.24) is 4.98 Å². The molecule has 2 heterocycles. The number of anilines is 1. The maximum atomic E-state index is 11.5.